The highest BCUT2D eigenvalue weighted by atomic mass is 16.5. The minimum absolute atomic E-state index is 0.0408. The van der Waals surface area contributed by atoms with Crippen molar-refractivity contribution in [1.29, 1.82) is 0 Å². The number of nitrogens with zero attached hydrogens (tertiary/aromatic N) is 1. The minimum Gasteiger partial charge on any atom is -0.379 e. The Bertz CT molecular complexity index is 402. The van der Waals surface area contributed by atoms with Crippen molar-refractivity contribution < 1.29 is 9.53 Å². The van der Waals surface area contributed by atoms with Crippen molar-refractivity contribution in [1.82, 2.24) is 10.2 Å². The smallest absolute Gasteiger partial charge is 0.227 e. The Labute approximate surface area is 121 Å². The second-order valence-corrected chi connectivity index (χ2v) is 5.12. The van der Waals surface area contributed by atoms with E-state index in [-0.39, 0.29) is 11.8 Å². The molecule has 0 radical (unpaired) electrons. The van der Waals surface area contributed by atoms with Crippen LogP contribution in [0.15, 0.2) is 30.3 Å². The lowest BCUT2D eigenvalue weighted by atomic mass is 9.96. The number of carbonyl (C=O) groups is 1. The normalized spacial score (nSPS) is 17.6. The molecule has 1 atom stereocenters. The Balaban J connectivity index is 1.78. The summed E-state index contributed by atoms with van der Waals surface area (Å²) in [4.78, 5) is 14.6. The lowest BCUT2D eigenvalue weighted by molar-refractivity contribution is -0.122. The van der Waals surface area contributed by atoms with E-state index in [1.807, 2.05) is 30.3 Å². The molecule has 4 nitrogen and oxygen atoms in total. The van der Waals surface area contributed by atoms with E-state index in [0.717, 1.165) is 44.8 Å². The molecule has 20 heavy (non-hydrogen) atoms. The summed E-state index contributed by atoms with van der Waals surface area (Å²) < 4.78 is 5.31. The van der Waals surface area contributed by atoms with E-state index >= 15 is 0 Å². The van der Waals surface area contributed by atoms with Crippen molar-refractivity contribution in [2.75, 3.05) is 39.4 Å². The maximum atomic E-state index is 12.3. The molecule has 0 saturated carbocycles. The van der Waals surface area contributed by atoms with Gasteiger partial charge in [-0.05, 0) is 12.0 Å². The van der Waals surface area contributed by atoms with Gasteiger partial charge in [-0.3, -0.25) is 9.69 Å². The van der Waals surface area contributed by atoms with E-state index in [2.05, 4.69) is 17.1 Å². The highest BCUT2D eigenvalue weighted by Gasteiger charge is 2.18. The number of hydrogen-bond acceptors (Lipinski definition) is 3. The SMILES string of the molecule is CCC(C(=O)NCCN1CCOCC1)c1ccccc1. The van der Waals surface area contributed by atoms with Gasteiger partial charge in [-0.15, -0.1) is 0 Å². The van der Waals surface area contributed by atoms with Crippen LogP contribution in [-0.4, -0.2) is 50.2 Å². The van der Waals surface area contributed by atoms with Gasteiger partial charge in [0.1, 0.15) is 0 Å². The van der Waals surface area contributed by atoms with Gasteiger partial charge in [0.2, 0.25) is 5.91 Å². The second-order valence-electron chi connectivity index (χ2n) is 5.12. The van der Waals surface area contributed by atoms with Gasteiger partial charge in [0.25, 0.3) is 0 Å². The molecule has 1 fully saturated rings. The molecule has 1 aromatic rings. The van der Waals surface area contributed by atoms with Crippen molar-refractivity contribution in [3.63, 3.8) is 0 Å². The monoisotopic (exact) mass is 276 g/mol. The first-order chi connectivity index (χ1) is 9.81. The molecule has 110 valence electrons. The molecule has 0 bridgehead atoms. The van der Waals surface area contributed by atoms with Crippen LogP contribution in [0.4, 0.5) is 0 Å². The first-order valence-electron chi connectivity index (χ1n) is 7.44. The molecule has 2 rings (SSSR count). The zero-order valence-electron chi connectivity index (χ0n) is 12.2. The quantitative estimate of drug-likeness (QED) is 0.858. The van der Waals surface area contributed by atoms with Gasteiger partial charge >= 0.3 is 0 Å². The van der Waals surface area contributed by atoms with Gasteiger partial charge in [-0.1, -0.05) is 37.3 Å². The number of hydrogen-bond donors (Lipinski definition) is 1. The maximum Gasteiger partial charge on any atom is 0.227 e. The minimum atomic E-state index is -0.0408. The summed E-state index contributed by atoms with van der Waals surface area (Å²) in [5.74, 6) is 0.0906. The average molecular weight is 276 g/mol. The Morgan fingerprint density at radius 2 is 2.00 bits per heavy atom. The van der Waals surface area contributed by atoms with Crippen LogP contribution < -0.4 is 5.32 Å². The molecular formula is C16H24N2O2. The fraction of sp³-hybridized carbons (Fsp3) is 0.562. The van der Waals surface area contributed by atoms with Crippen LogP contribution >= 0.6 is 0 Å². The topological polar surface area (TPSA) is 41.6 Å². The van der Waals surface area contributed by atoms with E-state index in [1.54, 1.807) is 0 Å². The van der Waals surface area contributed by atoms with Crippen LogP contribution in [0.5, 0.6) is 0 Å². The van der Waals surface area contributed by atoms with E-state index in [4.69, 9.17) is 4.74 Å². The molecule has 0 spiro atoms. The predicted octanol–water partition coefficient (Wildman–Crippen LogP) is 1.63. The van der Waals surface area contributed by atoms with Crippen LogP contribution in [0.25, 0.3) is 0 Å². The van der Waals surface area contributed by atoms with Crippen LogP contribution in [0.3, 0.4) is 0 Å². The molecule has 4 heteroatoms. The van der Waals surface area contributed by atoms with E-state index in [0.29, 0.717) is 6.54 Å². The van der Waals surface area contributed by atoms with Gasteiger partial charge in [0.05, 0.1) is 19.1 Å². The van der Waals surface area contributed by atoms with Crippen LogP contribution in [-0.2, 0) is 9.53 Å². The van der Waals surface area contributed by atoms with Crippen molar-refractivity contribution in [2.45, 2.75) is 19.3 Å². The van der Waals surface area contributed by atoms with Gasteiger partial charge < -0.3 is 10.1 Å². The maximum absolute atomic E-state index is 12.3. The molecule has 1 aliphatic rings. The molecule has 0 aliphatic carbocycles. The van der Waals surface area contributed by atoms with Gasteiger partial charge in [-0.25, -0.2) is 0 Å². The lowest BCUT2D eigenvalue weighted by Gasteiger charge is -2.26. The van der Waals surface area contributed by atoms with Crippen LogP contribution in [0, 0.1) is 0 Å². The van der Waals surface area contributed by atoms with E-state index in [1.165, 1.54) is 0 Å². The number of amides is 1. The van der Waals surface area contributed by atoms with Crippen LogP contribution in [0.2, 0.25) is 0 Å². The molecule has 1 N–H and O–H groups in total. The molecule has 0 aromatic heterocycles. The number of carbonyl (C=O) groups excluding carboxylic acids is 1. The summed E-state index contributed by atoms with van der Waals surface area (Å²) in [6.45, 7) is 7.20. The fourth-order valence-electron chi connectivity index (χ4n) is 2.54. The van der Waals surface area contributed by atoms with Crippen molar-refractivity contribution in [3.8, 4) is 0 Å². The summed E-state index contributed by atoms with van der Waals surface area (Å²) in [6, 6.07) is 10.00. The van der Waals surface area contributed by atoms with Crippen molar-refractivity contribution in [3.05, 3.63) is 35.9 Å². The summed E-state index contributed by atoms with van der Waals surface area (Å²) in [5, 5.41) is 3.06. The largest absolute Gasteiger partial charge is 0.379 e. The van der Waals surface area contributed by atoms with Gasteiger partial charge in [0, 0.05) is 26.2 Å². The Hall–Kier alpha value is -1.39. The predicted molar refractivity (Wildman–Crippen MR) is 79.7 cm³/mol. The highest BCUT2D eigenvalue weighted by Crippen LogP contribution is 2.18. The highest BCUT2D eigenvalue weighted by molar-refractivity contribution is 5.83. The molecular weight excluding hydrogens is 252 g/mol. The molecule has 1 aliphatic heterocycles. The van der Waals surface area contributed by atoms with Gasteiger partial charge in [0.15, 0.2) is 0 Å². The van der Waals surface area contributed by atoms with Gasteiger partial charge in [-0.2, -0.15) is 0 Å². The number of ether oxygens (including phenoxy) is 1. The first kappa shape index (κ1) is 15.0. The molecule has 1 unspecified atom stereocenters. The third-order valence-electron chi connectivity index (χ3n) is 3.76. The molecule has 1 aromatic carbocycles. The standard InChI is InChI=1S/C16H24N2O2/c1-2-15(14-6-4-3-5-7-14)16(19)17-8-9-18-10-12-20-13-11-18/h3-7,15H,2,8-13H2,1H3,(H,17,19). The fourth-order valence-corrected chi connectivity index (χ4v) is 2.54. The molecule has 1 amide bonds. The number of benzene rings is 1. The number of rotatable bonds is 6. The third kappa shape index (κ3) is 4.32. The van der Waals surface area contributed by atoms with E-state index < -0.39 is 0 Å². The zero-order valence-corrected chi connectivity index (χ0v) is 12.2. The zero-order chi connectivity index (χ0) is 14.2. The summed E-state index contributed by atoms with van der Waals surface area (Å²) >= 11 is 0. The number of morpholine rings is 1. The second kappa shape index (κ2) is 8.02. The van der Waals surface area contributed by atoms with E-state index in [9.17, 15) is 4.79 Å². The first-order valence-corrected chi connectivity index (χ1v) is 7.44. The summed E-state index contributed by atoms with van der Waals surface area (Å²) in [6.07, 6.45) is 0.827. The average Bonchev–Trinajstić information content (AvgIpc) is 2.50. The third-order valence-corrected chi connectivity index (χ3v) is 3.76. The summed E-state index contributed by atoms with van der Waals surface area (Å²) in [7, 11) is 0. The molecule has 1 heterocycles. The summed E-state index contributed by atoms with van der Waals surface area (Å²) in [5.41, 5.74) is 1.10. The number of nitrogens with one attached hydrogen (secondary N) is 1. The molecule has 1 saturated heterocycles. The lowest BCUT2D eigenvalue weighted by Crippen LogP contribution is -2.42. The van der Waals surface area contributed by atoms with Crippen LogP contribution in [0.1, 0.15) is 24.8 Å². The Morgan fingerprint density at radius 1 is 1.30 bits per heavy atom. The Morgan fingerprint density at radius 3 is 2.65 bits per heavy atom. The van der Waals surface area contributed by atoms with Crippen molar-refractivity contribution >= 4 is 5.91 Å². The van der Waals surface area contributed by atoms with Crippen molar-refractivity contribution in [2.24, 2.45) is 0 Å². The Kier molecular flexibility index (Phi) is 6.02.